The van der Waals surface area contributed by atoms with Gasteiger partial charge in [-0.3, -0.25) is 0 Å². The molecule has 1 aromatic rings. The summed E-state index contributed by atoms with van der Waals surface area (Å²) >= 11 is 0. The molecule has 2 fully saturated rings. The molecule has 1 aromatic carbocycles. The van der Waals surface area contributed by atoms with Crippen molar-refractivity contribution >= 4 is 5.69 Å². The Balaban J connectivity index is 1.84. The van der Waals surface area contributed by atoms with Crippen molar-refractivity contribution in [2.75, 3.05) is 18.6 Å². The van der Waals surface area contributed by atoms with E-state index in [1.807, 2.05) is 6.07 Å². The van der Waals surface area contributed by atoms with Crippen LogP contribution < -0.4 is 9.64 Å². The van der Waals surface area contributed by atoms with Crippen LogP contribution in [0.15, 0.2) is 24.3 Å². The summed E-state index contributed by atoms with van der Waals surface area (Å²) in [5, 5.41) is 0. The van der Waals surface area contributed by atoms with Gasteiger partial charge in [0.1, 0.15) is 5.75 Å². The molecule has 1 saturated carbocycles. The first-order chi connectivity index (χ1) is 7.16. The average Bonchev–Trinajstić information content (AvgIpc) is 2.64. The maximum absolute atomic E-state index is 5.25. The summed E-state index contributed by atoms with van der Waals surface area (Å²) < 4.78 is 5.25. The van der Waals surface area contributed by atoms with Gasteiger partial charge in [0.15, 0.2) is 0 Å². The van der Waals surface area contributed by atoms with Crippen molar-refractivity contribution < 1.29 is 4.74 Å². The molecule has 0 aromatic heterocycles. The van der Waals surface area contributed by atoms with Crippen molar-refractivity contribution in [1.29, 1.82) is 0 Å². The molecule has 0 radical (unpaired) electrons. The highest BCUT2D eigenvalue weighted by Gasteiger charge is 2.69. The molecule has 80 valence electrons. The smallest absolute Gasteiger partial charge is 0.120 e. The molecule has 0 unspecified atom stereocenters. The Kier molecular flexibility index (Phi) is 1.63. The maximum Gasteiger partial charge on any atom is 0.120 e. The second kappa shape index (κ2) is 2.69. The summed E-state index contributed by atoms with van der Waals surface area (Å²) in [7, 11) is 1.72. The van der Waals surface area contributed by atoms with Gasteiger partial charge in [-0.25, -0.2) is 0 Å². The van der Waals surface area contributed by atoms with Crippen molar-refractivity contribution in [2.45, 2.75) is 19.9 Å². The number of hydrogen-bond donors (Lipinski definition) is 0. The predicted molar refractivity (Wildman–Crippen MR) is 61.4 cm³/mol. The molecule has 1 aliphatic heterocycles. The Morgan fingerprint density at radius 1 is 1.47 bits per heavy atom. The van der Waals surface area contributed by atoms with Crippen LogP contribution in [-0.4, -0.2) is 19.7 Å². The third-order valence-corrected chi connectivity index (χ3v) is 4.31. The van der Waals surface area contributed by atoms with Gasteiger partial charge in [-0.2, -0.15) is 0 Å². The Hall–Kier alpha value is -1.18. The van der Waals surface area contributed by atoms with Crippen LogP contribution in [0.5, 0.6) is 5.75 Å². The number of fused-ring (bicyclic) bond motifs is 1. The van der Waals surface area contributed by atoms with Gasteiger partial charge in [0, 0.05) is 29.8 Å². The van der Waals surface area contributed by atoms with Crippen LogP contribution in [0.2, 0.25) is 0 Å². The normalized spacial score (nSPS) is 36.9. The summed E-state index contributed by atoms with van der Waals surface area (Å²) in [5.74, 6) is 1.80. The first-order valence-corrected chi connectivity index (χ1v) is 5.57. The summed E-state index contributed by atoms with van der Waals surface area (Å²) in [6.07, 6.45) is 0. The Morgan fingerprint density at radius 2 is 2.27 bits per heavy atom. The van der Waals surface area contributed by atoms with Crippen LogP contribution >= 0.6 is 0 Å². The van der Waals surface area contributed by atoms with Crippen molar-refractivity contribution in [1.82, 2.24) is 0 Å². The summed E-state index contributed by atoms with van der Waals surface area (Å²) in [6, 6.07) is 9.14. The average molecular weight is 203 g/mol. The summed E-state index contributed by atoms with van der Waals surface area (Å²) in [6.45, 7) is 5.94. The SMILES string of the molecule is COc1cccc(N2C[C@@]3(C)[C@@H]2[C@@H]3C)c1. The van der Waals surface area contributed by atoms with Crippen LogP contribution in [0.4, 0.5) is 5.69 Å². The third kappa shape index (κ3) is 1.05. The Morgan fingerprint density at radius 3 is 2.80 bits per heavy atom. The number of anilines is 1. The second-order valence-corrected chi connectivity index (χ2v) is 5.07. The zero-order chi connectivity index (χ0) is 10.6. The first-order valence-electron chi connectivity index (χ1n) is 5.57. The summed E-state index contributed by atoms with van der Waals surface area (Å²) in [5.41, 5.74) is 1.91. The minimum atomic E-state index is 0.600. The molecule has 2 nitrogen and oxygen atoms in total. The zero-order valence-electron chi connectivity index (χ0n) is 9.53. The number of nitrogens with zero attached hydrogens (tertiary/aromatic N) is 1. The molecule has 1 heterocycles. The minimum Gasteiger partial charge on any atom is -0.497 e. The molecule has 0 N–H and O–H groups in total. The van der Waals surface area contributed by atoms with E-state index in [9.17, 15) is 0 Å². The molecule has 1 aliphatic carbocycles. The van der Waals surface area contributed by atoms with Crippen molar-refractivity contribution in [3.8, 4) is 5.75 Å². The largest absolute Gasteiger partial charge is 0.497 e. The van der Waals surface area contributed by atoms with E-state index in [2.05, 4.69) is 36.9 Å². The Bertz CT molecular complexity index is 403. The van der Waals surface area contributed by atoms with Gasteiger partial charge in [-0.15, -0.1) is 0 Å². The molecule has 2 aliphatic rings. The molecule has 0 bridgehead atoms. The van der Waals surface area contributed by atoms with E-state index in [1.54, 1.807) is 7.11 Å². The van der Waals surface area contributed by atoms with Crippen molar-refractivity contribution in [2.24, 2.45) is 11.3 Å². The molecular formula is C13H17NO. The Labute approximate surface area is 90.8 Å². The number of ether oxygens (including phenoxy) is 1. The maximum atomic E-state index is 5.25. The standard InChI is InChI=1S/C13H17NO/c1-9-12-13(9,2)8-14(12)10-5-4-6-11(7-10)15-3/h4-7,9,12H,8H2,1-3H3/t9-,12-,13+/m0/s1. The molecule has 0 amide bonds. The number of rotatable bonds is 2. The number of hydrogen-bond acceptors (Lipinski definition) is 2. The number of methoxy groups -OCH3 is 1. The quantitative estimate of drug-likeness (QED) is 0.732. The lowest BCUT2D eigenvalue weighted by molar-refractivity contribution is 0.407. The van der Waals surface area contributed by atoms with Crippen molar-refractivity contribution in [3.63, 3.8) is 0 Å². The second-order valence-electron chi connectivity index (χ2n) is 5.07. The van der Waals surface area contributed by atoms with Crippen LogP contribution in [0.25, 0.3) is 0 Å². The lowest BCUT2D eigenvalue weighted by atomic mass is 9.99. The van der Waals surface area contributed by atoms with Gasteiger partial charge in [0.25, 0.3) is 0 Å². The summed E-state index contributed by atoms with van der Waals surface area (Å²) in [4.78, 5) is 2.49. The predicted octanol–water partition coefficient (Wildman–Crippen LogP) is 2.54. The fourth-order valence-corrected chi connectivity index (χ4v) is 3.03. The molecule has 3 atom stereocenters. The molecule has 15 heavy (non-hydrogen) atoms. The molecule has 1 saturated heterocycles. The van der Waals surface area contributed by atoms with Gasteiger partial charge in [-0.05, 0) is 18.1 Å². The van der Waals surface area contributed by atoms with E-state index in [1.165, 1.54) is 12.2 Å². The lowest BCUT2D eigenvalue weighted by Gasteiger charge is -2.38. The highest BCUT2D eigenvalue weighted by atomic mass is 16.5. The molecule has 3 rings (SSSR count). The van der Waals surface area contributed by atoms with E-state index in [-0.39, 0.29) is 0 Å². The van der Waals surface area contributed by atoms with E-state index < -0.39 is 0 Å². The number of benzene rings is 1. The van der Waals surface area contributed by atoms with E-state index >= 15 is 0 Å². The highest BCUT2D eigenvalue weighted by molar-refractivity contribution is 5.59. The topological polar surface area (TPSA) is 12.5 Å². The highest BCUT2D eigenvalue weighted by Crippen LogP contribution is 2.64. The molecule has 2 heteroatoms. The van der Waals surface area contributed by atoms with Crippen LogP contribution in [0.1, 0.15) is 13.8 Å². The fraction of sp³-hybridized carbons (Fsp3) is 0.538. The van der Waals surface area contributed by atoms with Crippen molar-refractivity contribution in [3.05, 3.63) is 24.3 Å². The van der Waals surface area contributed by atoms with Gasteiger partial charge >= 0.3 is 0 Å². The molecule has 0 spiro atoms. The monoisotopic (exact) mass is 203 g/mol. The first kappa shape index (κ1) is 9.08. The zero-order valence-corrected chi connectivity index (χ0v) is 9.53. The fourth-order valence-electron chi connectivity index (χ4n) is 3.03. The van der Waals surface area contributed by atoms with Gasteiger partial charge < -0.3 is 9.64 Å². The van der Waals surface area contributed by atoms with Gasteiger partial charge in [0.05, 0.1) is 7.11 Å². The van der Waals surface area contributed by atoms with Crippen LogP contribution in [0, 0.1) is 11.3 Å². The van der Waals surface area contributed by atoms with E-state index in [4.69, 9.17) is 4.74 Å². The van der Waals surface area contributed by atoms with E-state index in [0.717, 1.165) is 17.7 Å². The minimum absolute atomic E-state index is 0.600. The van der Waals surface area contributed by atoms with Crippen LogP contribution in [0.3, 0.4) is 0 Å². The lowest BCUT2D eigenvalue weighted by Crippen LogP contribution is -2.45. The third-order valence-electron chi connectivity index (χ3n) is 4.31. The van der Waals surface area contributed by atoms with Gasteiger partial charge in [-0.1, -0.05) is 19.9 Å². The molecular weight excluding hydrogens is 186 g/mol. The van der Waals surface area contributed by atoms with Gasteiger partial charge in [0.2, 0.25) is 0 Å². The van der Waals surface area contributed by atoms with Crippen LogP contribution in [-0.2, 0) is 0 Å². The van der Waals surface area contributed by atoms with E-state index in [0.29, 0.717) is 5.41 Å².